The molecule has 11 heavy (non-hydrogen) atoms. The van der Waals surface area contributed by atoms with Crippen LogP contribution in [-0.2, 0) is 10.0 Å². The van der Waals surface area contributed by atoms with Crippen LogP contribution in [0.25, 0.3) is 0 Å². The van der Waals surface area contributed by atoms with E-state index in [1.54, 1.807) is 12.2 Å². The van der Waals surface area contributed by atoms with Crippen LogP contribution in [0.15, 0.2) is 22.7 Å². The molecular formula is C6H8BrNO2S. The molecule has 0 amide bonds. The molecule has 0 spiro atoms. The molecule has 0 saturated carbocycles. The van der Waals surface area contributed by atoms with E-state index in [2.05, 4.69) is 15.9 Å². The third kappa shape index (κ3) is 2.43. The van der Waals surface area contributed by atoms with Crippen LogP contribution >= 0.6 is 15.9 Å². The number of hydrogen-bond donors (Lipinski definition) is 1. The van der Waals surface area contributed by atoms with Crippen molar-refractivity contribution < 1.29 is 8.42 Å². The average molecular weight is 238 g/mol. The summed E-state index contributed by atoms with van der Waals surface area (Å²) in [6.07, 6.45) is 5.64. The summed E-state index contributed by atoms with van der Waals surface area (Å²) in [5, 5.41) is 4.38. The van der Waals surface area contributed by atoms with Crippen molar-refractivity contribution in [3.8, 4) is 0 Å². The number of primary sulfonamides is 1. The molecular weight excluding hydrogens is 230 g/mol. The highest BCUT2D eigenvalue weighted by atomic mass is 79.9. The summed E-state index contributed by atoms with van der Waals surface area (Å²) in [5.74, 6) is 0. The molecule has 1 aliphatic rings. The Kier molecular flexibility index (Phi) is 2.51. The van der Waals surface area contributed by atoms with E-state index < -0.39 is 15.3 Å². The third-order valence-corrected chi connectivity index (χ3v) is 3.11. The largest absolute Gasteiger partial charge is 0.228 e. The fourth-order valence-electron chi connectivity index (χ4n) is 0.845. The Hall–Kier alpha value is -0.130. The molecule has 5 heteroatoms. The Labute approximate surface area is 74.1 Å². The first kappa shape index (κ1) is 8.96. The Morgan fingerprint density at radius 1 is 1.64 bits per heavy atom. The first-order valence-corrected chi connectivity index (χ1v) is 5.46. The van der Waals surface area contributed by atoms with E-state index in [9.17, 15) is 8.42 Å². The van der Waals surface area contributed by atoms with Crippen LogP contribution in [0.5, 0.6) is 0 Å². The van der Waals surface area contributed by atoms with E-state index in [4.69, 9.17) is 5.14 Å². The maximum atomic E-state index is 10.8. The number of allylic oxidation sites excluding steroid dienone is 3. The standard InChI is InChI=1S/C6H8BrNO2S/c7-5-2-1-3-6(4-5)11(8,9)10/h1-2,4,6H,3H2,(H2,8,9,10). The lowest BCUT2D eigenvalue weighted by Crippen LogP contribution is -2.27. The van der Waals surface area contributed by atoms with E-state index in [0.29, 0.717) is 6.42 Å². The van der Waals surface area contributed by atoms with Crippen LogP contribution < -0.4 is 5.14 Å². The summed E-state index contributed by atoms with van der Waals surface area (Å²) >= 11 is 3.18. The van der Waals surface area contributed by atoms with Gasteiger partial charge in [-0.05, 0) is 6.42 Å². The van der Waals surface area contributed by atoms with Gasteiger partial charge in [-0.3, -0.25) is 0 Å². The highest BCUT2D eigenvalue weighted by Crippen LogP contribution is 2.19. The molecule has 0 heterocycles. The number of nitrogens with two attached hydrogens (primary N) is 1. The van der Waals surface area contributed by atoms with Crippen molar-refractivity contribution >= 4 is 26.0 Å². The van der Waals surface area contributed by atoms with Gasteiger partial charge < -0.3 is 0 Å². The smallest absolute Gasteiger partial charge is 0.215 e. The van der Waals surface area contributed by atoms with E-state index in [-0.39, 0.29) is 0 Å². The number of sulfonamides is 1. The van der Waals surface area contributed by atoms with Crippen molar-refractivity contribution in [1.29, 1.82) is 0 Å². The molecule has 0 radical (unpaired) electrons. The van der Waals surface area contributed by atoms with Crippen LogP contribution in [0.2, 0.25) is 0 Å². The lowest BCUT2D eigenvalue weighted by atomic mass is 10.2. The first-order valence-electron chi connectivity index (χ1n) is 3.05. The Morgan fingerprint density at radius 3 is 2.64 bits per heavy atom. The fraction of sp³-hybridized carbons (Fsp3) is 0.333. The highest BCUT2D eigenvalue weighted by molar-refractivity contribution is 9.11. The highest BCUT2D eigenvalue weighted by Gasteiger charge is 2.19. The number of rotatable bonds is 1. The summed E-state index contributed by atoms with van der Waals surface area (Å²) in [6.45, 7) is 0. The monoisotopic (exact) mass is 237 g/mol. The quantitative estimate of drug-likeness (QED) is 0.737. The molecule has 62 valence electrons. The van der Waals surface area contributed by atoms with Crippen molar-refractivity contribution in [3.05, 3.63) is 22.7 Å². The molecule has 3 nitrogen and oxygen atoms in total. The van der Waals surface area contributed by atoms with Crippen molar-refractivity contribution in [2.45, 2.75) is 11.7 Å². The molecule has 0 aromatic heterocycles. The molecule has 2 N–H and O–H groups in total. The number of halogens is 1. The van der Waals surface area contributed by atoms with Gasteiger partial charge in [0.15, 0.2) is 0 Å². The van der Waals surface area contributed by atoms with Gasteiger partial charge in [-0.25, -0.2) is 13.6 Å². The van der Waals surface area contributed by atoms with Gasteiger partial charge in [0, 0.05) is 4.48 Å². The molecule has 1 rings (SSSR count). The zero-order valence-electron chi connectivity index (χ0n) is 5.70. The predicted molar refractivity (Wildman–Crippen MR) is 47.7 cm³/mol. The maximum Gasteiger partial charge on any atom is 0.215 e. The molecule has 0 aliphatic heterocycles. The summed E-state index contributed by atoms with van der Waals surface area (Å²) in [4.78, 5) is 0. The lowest BCUT2D eigenvalue weighted by molar-refractivity contribution is 0.590. The molecule has 1 atom stereocenters. The zero-order valence-corrected chi connectivity index (χ0v) is 8.10. The van der Waals surface area contributed by atoms with Crippen molar-refractivity contribution in [2.24, 2.45) is 5.14 Å². The molecule has 1 aliphatic carbocycles. The third-order valence-electron chi connectivity index (χ3n) is 1.41. The number of hydrogen-bond acceptors (Lipinski definition) is 2. The van der Waals surface area contributed by atoms with E-state index in [0.717, 1.165) is 4.48 Å². The minimum atomic E-state index is -3.42. The molecule has 0 bridgehead atoms. The average Bonchev–Trinajstić information content (AvgIpc) is 1.86. The van der Waals surface area contributed by atoms with Gasteiger partial charge in [0.25, 0.3) is 0 Å². The second kappa shape index (κ2) is 3.08. The Balaban J connectivity index is 2.89. The minimum Gasteiger partial charge on any atom is -0.228 e. The summed E-state index contributed by atoms with van der Waals surface area (Å²) in [7, 11) is -3.42. The molecule has 1 unspecified atom stereocenters. The van der Waals surface area contributed by atoms with Gasteiger partial charge in [0.2, 0.25) is 10.0 Å². The van der Waals surface area contributed by atoms with E-state index >= 15 is 0 Å². The van der Waals surface area contributed by atoms with Gasteiger partial charge in [0.05, 0.1) is 5.25 Å². The molecule has 0 saturated heterocycles. The second-order valence-electron chi connectivity index (χ2n) is 2.32. The fourth-order valence-corrected chi connectivity index (χ4v) is 2.24. The van der Waals surface area contributed by atoms with Crippen LogP contribution in [0, 0.1) is 0 Å². The minimum absolute atomic E-state index is 0.466. The molecule has 0 aromatic rings. The van der Waals surface area contributed by atoms with Crippen molar-refractivity contribution in [2.75, 3.05) is 0 Å². The lowest BCUT2D eigenvalue weighted by Gasteiger charge is -2.10. The van der Waals surface area contributed by atoms with Gasteiger partial charge in [0.1, 0.15) is 0 Å². The van der Waals surface area contributed by atoms with Crippen molar-refractivity contribution in [3.63, 3.8) is 0 Å². The Bertz CT molecular complexity index is 305. The van der Waals surface area contributed by atoms with Gasteiger partial charge in [-0.1, -0.05) is 34.2 Å². The van der Waals surface area contributed by atoms with Gasteiger partial charge in [-0.15, -0.1) is 0 Å². The van der Waals surface area contributed by atoms with Crippen LogP contribution in [0.3, 0.4) is 0 Å². The second-order valence-corrected chi connectivity index (χ2v) is 5.02. The van der Waals surface area contributed by atoms with Crippen LogP contribution in [0.4, 0.5) is 0 Å². The zero-order chi connectivity index (χ0) is 8.48. The van der Waals surface area contributed by atoms with Crippen LogP contribution in [-0.4, -0.2) is 13.7 Å². The summed E-state index contributed by atoms with van der Waals surface area (Å²) in [6, 6.07) is 0. The van der Waals surface area contributed by atoms with E-state index in [1.165, 1.54) is 0 Å². The topological polar surface area (TPSA) is 60.2 Å². The normalized spacial score (nSPS) is 24.9. The first-order chi connectivity index (χ1) is 5.00. The predicted octanol–water partition coefficient (Wildman–Crippen LogP) is 0.882. The maximum absolute atomic E-state index is 10.8. The van der Waals surface area contributed by atoms with Gasteiger partial charge >= 0.3 is 0 Å². The van der Waals surface area contributed by atoms with Gasteiger partial charge in [-0.2, -0.15) is 0 Å². The van der Waals surface area contributed by atoms with Crippen LogP contribution in [0.1, 0.15) is 6.42 Å². The SMILES string of the molecule is NS(=O)(=O)C1C=C(Br)C=CC1. The van der Waals surface area contributed by atoms with E-state index in [1.807, 2.05) is 6.08 Å². The summed E-state index contributed by atoms with van der Waals surface area (Å²) < 4.78 is 22.4. The molecule has 0 fully saturated rings. The van der Waals surface area contributed by atoms with Crippen molar-refractivity contribution in [1.82, 2.24) is 0 Å². The Morgan fingerprint density at radius 2 is 2.27 bits per heavy atom. The summed E-state index contributed by atoms with van der Waals surface area (Å²) in [5.41, 5.74) is 0. The molecule has 0 aromatic carbocycles.